The van der Waals surface area contributed by atoms with Crippen molar-refractivity contribution in [3.05, 3.63) is 47.2 Å². The van der Waals surface area contributed by atoms with Crippen molar-refractivity contribution in [1.29, 1.82) is 0 Å². The summed E-state index contributed by atoms with van der Waals surface area (Å²) in [6.07, 6.45) is 1.69. The third-order valence-electron chi connectivity index (χ3n) is 4.11. The van der Waals surface area contributed by atoms with Crippen LogP contribution in [0.15, 0.2) is 35.8 Å². The van der Waals surface area contributed by atoms with Crippen molar-refractivity contribution < 1.29 is 13.6 Å². The Morgan fingerprint density at radius 3 is 2.81 bits per heavy atom. The largest absolute Gasteiger partial charge is 0.346 e. The van der Waals surface area contributed by atoms with E-state index in [2.05, 4.69) is 20.3 Å². The predicted octanol–water partition coefficient (Wildman–Crippen LogP) is 3.35. The van der Waals surface area contributed by atoms with Crippen LogP contribution in [0.4, 0.5) is 14.7 Å². The highest BCUT2D eigenvalue weighted by Crippen LogP contribution is 2.31. The first-order valence-corrected chi connectivity index (χ1v) is 8.91. The number of nitrogens with zero attached hydrogens (tertiary/aromatic N) is 4. The van der Waals surface area contributed by atoms with Crippen molar-refractivity contribution in [2.24, 2.45) is 0 Å². The van der Waals surface area contributed by atoms with Gasteiger partial charge in [-0.1, -0.05) is 6.07 Å². The Morgan fingerprint density at radius 1 is 1.31 bits per heavy atom. The Balaban J connectivity index is 1.64. The van der Waals surface area contributed by atoms with Crippen molar-refractivity contribution in [2.45, 2.75) is 18.9 Å². The van der Waals surface area contributed by atoms with Gasteiger partial charge in [-0.05, 0) is 30.5 Å². The Hall–Kier alpha value is -2.68. The van der Waals surface area contributed by atoms with Gasteiger partial charge in [-0.2, -0.15) is 0 Å². The van der Waals surface area contributed by atoms with E-state index < -0.39 is 24.9 Å². The van der Waals surface area contributed by atoms with Crippen LogP contribution in [-0.4, -0.2) is 44.8 Å². The van der Waals surface area contributed by atoms with E-state index in [0.29, 0.717) is 10.2 Å². The maximum absolute atomic E-state index is 13.1. The highest BCUT2D eigenvalue weighted by Gasteiger charge is 2.47. The highest BCUT2D eigenvalue weighted by atomic mass is 32.1. The summed E-state index contributed by atoms with van der Waals surface area (Å²) in [6.45, 7) is 0.757. The number of thiophene rings is 1. The summed E-state index contributed by atoms with van der Waals surface area (Å²) < 4.78 is 26.8. The summed E-state index contributed by atoms with van der Waals surface area (Å²) in [5.41, 5.74) is 1.56. The summed E-state index contributed by atoms with van der Waals surface area (Å²) >= 11 is 1.32. The van der Waals surface area contributed by atoms with E-state index in [4.69, 9.17) is 0 Å². The molecule has 1 aliphatic heterocycles. The van der Waals surface area contributed by atoms with Crippen LogP contribution in [-0.2, 0) is 0 Å². The number of pyridine rings is 1. The van der Waals surface area contributed by atoms with Crippen molar-refractivity contribution in [2.75, 3.05) is 18.4 Å². The molecule has 0 radical (unpaired) electrons. The third kappa shape index (κ3) is 3.10. The minimum Gasteiger partial charge on any atom is -0.346 e. The number of hydrogen-bond acceptors (Lipinski definition) is 6. The van der Waals surface area contributed by atoms with Gasteiger partial charge in [0.2, 0.25) is 5.95 Å². The van der Waals surface area contributed by atoms with Gasteiger partial charge in [0, 0.05) is 6.20 Å². The quantitative estimate of drug-likeness (QED) is 0.757. The number of fused-ring (bicyclic) bond motifs is 1. The maximum atomic E-state index is 13.1. The molecule has 0 saturated carbocycles. The number of nitrogens with one attached hydrogen (secondary N) is 1. The summed E-state index contributed by atoms with van der Waals surface area (Å²) in [7, 11) is 0. The average molecular weight is 375 g/mol. The molecule has 9 heteroatoms. The molecule has 1 fully saturated rings. The fourth-order valence-corrected chi connectivity index (χ4v) is 3.59. The molecule has 4 heterocycles. The molecule has 1 saturated heterocycles. The molecular formula is C17H15F2N5OS. The van der Waals surface area contributed by atoms with Gasteiger partial charge in [-0.25, -0.2) is 18.7 Å². The number of rotatable bonds is 4. The van der Waals surface area contributed by atoms with Gasteiger partial charge in [0.1, 0.15) is 0 Å². The van der Waals surface area contributed by atoms with Gasteiger partial charge in [-0.15, -0.1) is 11.3 Å². The number of anilines is 1. The SMILES string of the molecule is C[C@H](Nc1nc(C(=O)N2CC(F)(F)C2)c2sccc2n1)c1ccccn1. The van der Waals surface area contributed by atoms with E-state index in [1.54, 1.807) is 17.6 Å². The first-order valence-electron chi connectivity index (χ1n) is 8.03. The monoisotopic (exact) mass is 375 g/mol. The number of hydrogen-bond donors (Lipinski definition) is 1. The molecule has 4 rings (SSSR count). The molecule has 3 aromatic rings. The van der Waals surface area contributed by atoms with Crippen LogP contribution in [0.25, 0.3) is 10.2 Å². The van der Waals surface area contributed by atoms with Gasteiger partial charge < -0.3 is 10.2 Å². The van der Waals surface area contributed by atoms with Crippen LogP contribution >= 0.6 is 11.3 Å². The van der Waals surface area contributed by atoms with Crippen molar-refractivity contribution in [1.82, 2.24) is 19.9 Å². The molecule has 3 aromatic heterocycles. The molecule has 1 amide bonds. The fourth-order valence-electron chi connectivity index (χ4n) is 2.78. The molecule has 0 aliphatic carbocycles. The molecule has 6 nitrogen and oxygen atoms in total. The second kappa shape index (κ2) is 6.24. The van der Waals surface area contributed by atoms with Crippen LogP contribution in [0, 0.1) is 0 Å². The smallest absolute Gasteiger partial charge is 0.282 e. The van der Waals surface area contributed by atoms with Gasteiger partial charge in [0.05, 0.1) is 35.0 Å². The molecular weight excluding hydrogens is 360 g/mol. The molecule has 26 heavy (non-hydrogen) atoms. The van der Waals surface area contributed by atoms with E-state index in [1.807, 2.05) is 25.1 Å². The first kappa shape index (κ1) is 16.8. The number of halogens is 2. The Labute approximate surface area is 151 Å². The van der Waals surface area contributed by atoms with Crippen LogP contribution in [0.2, 0.25) is 0 Å². The number of alkyl halides is 2. The fraction of sp³-hybridized carbons (Fsp3) is 0.294. The highest BCUT2D eigenvalue weighted by molar-refractivity contribution is 7.17. The molecule has 1 atom stereocenters. The standard InChI is InChI=1S/C17H15F2N5OS/c1-10(11-4-2-3-6-20-11)21-16-22-12-5-7-26-14(12)13(23-16)15(25)24-8-17(18,19)9-24/h2-7,10H,8-9H2,1H3,(H,21,22,23)/t10-/m0/s1. The lowest BCUT2D eigenvalue weighted by atomic mass is 10.1. The number of amides is 1. The number of likely N-dealkylation sites (tertiary alicyclic amines) is 1. The minimum absolute atomic E-state index is 0.149. The molecule has 1 N–H and O–H groups in total. The zero-order valence-corrected chi connectivity index (χ0v) is 14.6. The van der Waals surface area contributed by atoms with Crippen molar-refractivity contribution in [3.8, 4) is 0 Å². The summed E-state index contributed by atoms with van der Waals surface area (Å²) in [5, 5.41) is 4.93. The Kier molecular flexibility index (Phi) is 4.03. The van der Waals surface area contributed by atoms with Gasteiger partial charge >= 0.3 is 0 Å². The third-order valence-corrected chi connectivity index (χ3v) is 5.03. The lowest BCUT2D eigenvalue weighted by Gasteiger charge is -2.38. The maximum Gasteiger partial charge on any atom is 0.282 e. The van der Waals surface area contributed by atoms with E-state index in [0.717, 1.165) is 10.6 Å². The normalized spacial score (nSPS) is 17.0. The average Bonchev–Trinajstić information content (AvgIpc) is 3.07. The lowest BCUT2D eigenvalue weighted by Crippen LogP contribution is -2.58. The van der Waals surface area contributed by atoms with Crippen LogP contribution in [0.5, 0.6) is 0 Å². The molecule has 0 bridgehead atoms. The number of carbonyl (C=O) groups is 1. The Bertz CT molecular complexity index is 954. The van der Waals surface area contributed by atoms with Crippen LogP contribution < -0.4 is 5.32 Å². The minimum atomic E-state index is -2.81. The zero-order valence-electron chi connectivity index (χ0n) is 13.8. The number of carbonyl (C=O) groups excluding carboxylic acids is 1. The van der Waals surface area contributed by atoms with Gasteiger partial charge in [-0.3, -0.25) is 9.78 Å². The van der Waals surface area contributed by atoms with Crippen LogP contribution in [0.1, 0.15) is 29.1 Å². The van der Waals surface area contributed by atoms with E-state index >= 15 is 0 Å². The van der Waals surface area contributed by atoms with E-state index in [9.17, 15) is 13.6 Å². The second-order valence-corrected chi connectivity index (χ2v) is 7.08. The van der Waals surface area contributed by atoms with Gasteiger partial charge in [0.15, 0.2) is 5.69 Å². The molecule has 1 aliphatic rings. The molecule has 134 valence electrons. The van der Waals surface area contributed by atoms with E-state index in [-0.39, 0.29) is 17.7 Å². The van der Waals surface area contributed by atoms with E-state index in [1.165, 1.54) is 11.3 Å². The zero-order chi connectivity index (χ0) is 18.3. The lowest BCUT2D eigenvalue weighted by molar-refractivity contribution is -0.113. The summed E-state index contributed by atoms with van der Waals surface area (Å²) in [5.74, 6) is -3.05. The first-order chi connectivity index (χ1) is 12.4. The topological polar surface area (TPSA) is 71.0 Å². The second-order valence-electron chi connectivity index (χ2n) is 6.17. The molecule has 0 spiro atoms. The van der Waals surface area contributed by atoms with Gasteiger partial charge in [0.25, 0.3) is 11.8 Å². The predicted molar refractivity (Wildman–Crippen MR) is 94.5 cm³/mol. The molecule has 0 aromatic carbocycles. The number of aromatic nitrogens is 3. The summed E-state index contributed by atoms with van der Waals surface area (Å²) in [4.78, 5) is 26.7. The summed E-state index contributed by atoms with van der Waals surface area (Å²) in [6, 6.07) is 7.17. The van der Waals surface area contributed by atoms with Crippen LogP contribution in [0.3, 0.4) is 0 Å². The molecule has 0 unspecified atom stereocenters. The Morgan fingerprint density at radius 2 is 2.12 bits per heavy atom. The van der Waals surface area contributed by atoms with Crippen molar-refractivity contribution in [3.63, 3.8) is 0 Å². The van der Waals surface area contributed by atoms with Crippen molar-refractivity contribution >= 4 is 33.4 Å².